The molecule has 6 nitrogen and oxygen atoms in total. The van der Waals surface area contributed by atoms with E-state index in [1.54, 1.807) is 13.0 Å². The number of carboxylic acid groups (broad SMARTS) is 1. The summed E-state index contributed by atoms with van der Waals surface area (Å²) < 4.78 is 5.39. The smallest absolute Gasteiger partial charge is 0.326 e. The predicted molar refractivity (Wildman–Crippen MR) is 63.1 cm³/mol. The second-order valence-corrected chi connectivity index (χ2v) is 3.83. The fourth-order valence-electron chi connectivity index (χ4n) is 1.21. The minimum absolute atomic E-state index is 0.0131. The molecule has 0 fully saturated rings. The summed E-state index contributed by atoms with van der Waals surface area (Å²) in [5, 5.41) is 11.6. The number of carboxylic acids is 1. The highest BCUT2D eigenvalue weighted by Gasteiger charge is 2.15. The van der Waals surface area contributed by atoms with Gasteiger partial charge in [0.05, 0.1) is 6.10 Å². The Hall–Kier alpha value is -1.85. The standard InChI is InChI=1S/C11H17N3O3/c1-4-8(10(15)16)13-11-12-6-5-9(14-11)17-7(2)3/h5-8H,4H2,1-3H3,(H,15,16)(H,12,13,14). The predicted octanol–water partition coefficient (Wildman–Crippen LogP) is 1.54. The van der Waals surface area contributed by atoms with Crippen molar-refractivity contribution in [2.45, 2.75) is 39.3 Å². The second kappa shape index (κ2) is 6.03. The van der Waals surface area contributed by atoms with Crippen molar-refractivity contribution in [1.29, 1.82) is 0 Å². The summed E-state index contributed by atoms with van der Waals surface area (Å²) in [5.41, 5.74) is 0. The van der Waals surface area contributed by atoms with Gasteiger partial charge in [-0.15, -0.1) is 0 Å². The van der Waals surface area contributed by atoms with Crippen molar-refractivity contribution >= 4 is 11.9 Å². The number of hydrogen-bond acceptors (Lipinski definition) is 5. The molecular formula is C11H17N3O3. The van der Waals surface area contributed by atoms with Crippen molar-refractivity contribution < 1.29 is 14.6 Å². The molecular weight excluding hydrogens is 222 g/mol. The maximum absolute atomic E-state index is 10.8. The Bertz CT molecular complexity index is 382. The first kappa shape index (κ1) is 13.2. The average molecular weight is 239 g/mol. The first-order chi connectivity index (χ1) is 8.02. The minimum atomic E-state index is -0.925. The summed E-state index contributed by atoms with van der Waals surface area (Å²) in [6, 6.07) is 0.941. The number of carbonyl (C=O) groups is 1. The molecule has 1 atom stereocenters. The zero-order valence-corrected chi connectivity index (χ0v) is 10.2. The van der Waals surface area contributed by atoms with Crippen molar-refractivity contribution in [1.82, 2.24) is 9.97 Å². The molecule has 0 aliphatic carbocycles. The SMILES string of the molecule is CCC(Nc1nccc(OC(C)C)n1)C(=O)O. The van der Waals surface area contributed by atoms with Gasteiger partial charge < -0.3 is 15.2 Å². The van der Waals surface area contributed by atoms with Crippen LogP contribution in [0.3, 0.4) is 0 Å². The van der Waals surface area contributed by atoms with Crippen LogP contribution in [0.1, 0.15) is 27.2 Å². The van der Waals surface area contributed by atoms with Crippen molar-refractivity contribution in [3.8, 4) is 5.88 Å². The minimum Gasteiger partial charge on any atom is -0.480 e. The average Bonchev–Trinajstić information content (AvgIpc) is 2.25. The third-order valence-corrected chi connectivity index (χ3v) is 2.00. The molecule has 0 aromatic carbocycles. The third kappa shape index (κ3) is 4.26. The molecule has 1 unspecified atom stereocenters. The number of aromatic nitrogens is 2. The molecule has 1 rings (SSSR count). The van der Waals surface area contributed by atoms with E-state index in [1.165, 1.54) is 6.20 Å². The van der Waals surface area contributed by atoms with Crippen LogP contribution in [0.4, 0.5) is 5.95 Å². The molecule has 6 heteroatoms. The third-order valence-electron chi connectivity index (χ3n) is 2.00. The van der Waals surface area contributed by atoms with E-state index in [1.807, 2.05) is 13.8 Å². The number of aliphatic carboxylic acids is 1. The van der Waals surface area contributed by atoms with Crippen LogP contribution in [0.2, 0.25) is 0 Å². The van der Waals surface area contributed by atoms with E-state index in [4.69, 9.17) is 9.84 Å². The highest BCUT2D eigenvalue weighted by atomic mass is 16.5. The summed E-state index contributed by atoms with van der Waals surface area (Å²) in [7, 11) is 0. The Balaban J connectivity index is 2.74. The van der Waals surface area contributed by atoms with E-state index < -0.39 is 12.0 Å². The molecule has 0 radical (unpaired) electrons. The lowest BCUT2D eigenvalue weighted by Crippen LogP contribution is -2.29. The molecule has 0 saturated carbocycles. The van der Waals surface area contributed by atoms with Gasteiger partial charge in [0.1, 0.15) is 6.04 Å². The van der Waals surface area contributed by atoms with E-state index in [2.05, 4.69) is 15.3 Å². The Labute approximate surface area is 100 Å². The van der Waals surface area contributed by atoms with Crippen LogP contribution >= 0.6 is 0 Å². The van der Waals surface area contributed by atoms with E-state index in [9.17, 15) is 4.79 Å². The van der Waals surface area contributed by atoms with Crippen LogP contribution in [0, 0.1) is 0 Å². The summed E-state index contributed by atoms with van der Waals surface area (Å²) >= 11 is 0. The molecule has 1 aromatic rings. The molecule has 17 heavy (non-hydrogen) atoms. The van der Waals surface area contributed by atoms with Gasteiger partial charge in [-0.25, -0.2) is 9.78 Å². The lowest BCUT2D eigenvalue weighted by Gasteiger charge is -2.13. The van der Waals surface area contributed by atoms with E-state index in [0.717, 1.165) is 0 Å². The highest BCUT2D eigenvalue weighted by molar-refractivity contribution is 5.76. The van der Waals surface area contributed by atoms with Gasteiger partial charge in [0.25, 0.3) is 0 Å². The number of anilines is 1. The molecule has 0 saturated heterocycles. The fraction of sp³-hybridized carbons (Fsp3) is 0.545. The summed E-state index contributed by atoms with van der Waals surface area (Å²) in [6.07, 6.45) is 1.99. The van der Waals surface area contributed by atoms with Gasteiger partial charge in [-0.1, -0.05) is 6.92 Å². The van der Waals surface area contributed by atoms with Crippen molar-refractivity contribution in [2.75, 3.05) is 5.32 Å². The summed E-state index contributed by atoms with van der Waals surface area (Å²) in [6.45, 7) is 5.56. The number of ether oxygens (including phenoxy) is 1. The monoisotopic (exact) mass is 239 g/mol. The van der Waals surface area contributed by atoms with Crippen molar-refractivity contribution in [3.05, 3.63) is 12.3 Å². The summed E-state index contributed by atoms with van der Waals surface area (Å²) in [5.74, 6) is -0.235. The Kier molecular flexibility index (Phi) is 4.68. The van der Waals surface area contributed by atoms with Gasteiger partial charge in [0.15, 0.2) is 0 Å². The zero-order chi connectivity index (χ0) is 12.8. The topological polar surface area (TPSA) is 84.3 Å². The van der Waals surface area contributed by atoms with E-state index in [0.29, 0.717) is 12.3 Å². The van der Waals surface area contributed by atoms with Crippen LogP contribution in [0.5, 0.6) is 5.88 Å². The molecule has 0 bridgehead atoms. The largest absolute Gasteiger partial charge is 0.480 e. The Morgan fingerprint density at radius 1 is 1.59 bits per heavy atom. The van der Waals surface area contributed by atoms with Gasteiger partial charge in [-0.3, -0.25) is 0 Å². The number of nitrogens with zero attached hydrogens (tertiary/aromatic N) is 2. The zero-order valence-electron chi connectivity index (χ0n) is 10.2. The van der Waals surface area contributed by atoms with Gasteiger partial charge >= 0.3 is 5.97 Å². The van der Waals surface area contributed by atoms with Crippen LogP contribution in [-0.4, -0.2) is 33.2 Å². The Morgan fingerprint density at radius 2 is 2.29 bits per heavy atom. The molecule has 0 amide bonds. The van der Waals surface area contributed by atoms with Crippen LogP contribution in [0.25, 0.3) is 0 Å². The maximum atomic E-state index is 10.8. The molecule has 1 heterocycles. The van der Waals surface area contributed by atoms with Gasteiger partial charge in [-0.2, -0.15) is 4.98 Å². The lowest BCUT2D eigenvalue weighted by molar-refractivity contribution is -0.138. The lowest BCUT2D eigenvalue weighted by atomic mass is 10.2. The van der Waals surface area contributed by atoms with Crippen LogP contribution < -0.4 is 10.1 Å². The number of nitrogens with one attached hydrogen (secondary N) is 1. The van der Waals surface area contributed by atoms with Crippen LogP contribution in [0.15, 0.2) is 12.3 Å². The van der Waals surface area contributed by atoms with E-state index >= 15 is 0 Å². The van der Waals surface area contributed by atoms with E-state index in [-0.39, 0.29) is 12.1 Å². The molecule has 2 N–H and O–H groups in total. The highest BCUT2D eigenvalue weighted by Crippen LogP contribution is 2.11. The van der Waals surface area contributed by atoms with Gasteiger partial charge in [0, 0.05) is 12.3 Å². The first-order valence-corrected chi connectivity index (χ1v) is 5.52. The maximum Gasteiger partial charge on any atom is 0.326 e. The van der Waals surface area contributed by atoms with Crippen molar-refractivity contribution in [3.63, 3.8) is 0 Å². The first-order valence-electron chi connectivity index (χ1n) is 5.52. The quantitative estimate of drug-likeness (QED) is 0.783. The summed E-state index contributed by atoms with van der Waals surface area (Å²) in [4.78, 5) is 18.9. The Morgan fingerprint density at radius 3 is 2.82 bits per heavy atom. The number of rotatable bonds is 6. The molecule has 0 aliphatic rings. The van der Waals surface area contributed by atoms with Gasteiger partial charge in [0.2, 0.25) is 11.8 Å². The molecule has 0 spiro atoms. The number of hydrogen-bond donors (Lipinski definition) is 2. The van der Waals surface area contributed by atoms with Crippen molar-refractivity contribution in [2.24, 2.45) is 0 Å². The molecule has 1 aromatic heterocycles. The molecule has 94 valence electrons. The fourth-order valence-corrected chi connectivity index (χ4v) is 1.21. The van der Waals surface area contributed by atoms with Gasteiger partial charge in [-0.05, 0) is 20.3 Å². The van der Waals surface area contributed by atoms with Crippen LogP contribution in [-0.2, 0) is 4.79 Å². The molecule has 0 aliphatic heterocycles. The normalized spacial score (nSPS) is 12.2. The second-order valence-electron chi connectivity index (χ2n) is 3.83.